The number of hydrogen-bond donors (Lipinski definition) is 1. The van der Waals surface area contributed by atoms with Gasteiger partial charge in [0.2, 0.25) is 5.91 Å². The van der Waals surface area contributed by atoms with E-state index in [0.717, 1.165) is 36.1 Å². The number of rotatable bonds is 6. The number of methoxy groups -OCH3 is 1. The predicted octanol–water partition coefficient (Wildman–Crippen LogP) is 2.18. The minimum Gasteiger partial charge on any atom is -0.380 e. The van der Waals surface area contributed by atoms with Gasteiger partial charge in [0.1, 0.15) is 0 Å². The summed E-state index contributed by atoms with van der Waals surface area (Å²) in [6.07, 6.45) is 4.09. The molecule has 0 spiro atoms. The highest BCUT2D eigenvalue weighted by Gasteiger charge is 2.36. The molecular weight excluding hydrogens is 276 g/mol. The highest BCUT2D eigenvalue weighted by molar-refractivity contribution is 5.78. The molecule has 22 heavy (non-hydrogen) atoms. The smallest absolute Gasteiger partial charge is 0.234 e. The lowest BCUT2D eigenvalue weighted by molar-refractivity contribution is -0.122. The summed E-state index contributed by atoms with van der Waals surface area (Å²) in [4.78, 5) is 14.5. The number of carbonyl (C=O) groups is 1. The Morgan fingerprint density at radius 2 is 1.91 bits per heavy atom. The molecule has 1 saturated heterocycles. The Bertz CT molecular complexity index is 506. The highest BCUT2D eigenvalue weighted by atomic mass is 16.5. The van der Waals surface area contributed by atoms with Crippen molar-refractivity contribution in [2.75, 3.05) is 26.7 Å². The molecule has 1 aromatic rings. The first kappa shape index (κ1) is 15.5. The second-order valence-electron chi connectivity index (χ2n) is 6.62. The van der Waals surface area contributed by atoms with Crippen molar-refractivity contribution in [3.05, 3.63) is 35.4 Å². The van der Waals surface area contributed by atoms with E-state index < -0.39 is 0 Å². The lowest BCUT2D eigenvalue weighted by Crippen LogP contribution is -2.36. The van der Waals surface area contributed by atoms with Crippen molar-refractivity contribution in [1.29, 1.82) is 0 Å². The van der Waals surface area contributed by atoms with Crippen molar-refractivity contribution >= 4 is 5.91 Å². The summed E-state index contributed by atoms with van der Waals surface area (Å²) in [6, 6.07) is 8.10. The number of carbonyl (C=O) groups excluding carboxylic acids is 1. The minimum absolute atomic E-state index is 0.132. The molecule has 1 heterocycles. The van der Waals surface area contributed by atoms with Crippen LogP contribution < -0.4 is 5.32 Å². The van der Waals surface area contributed by atoms with Gasteiger partial charge in [-0.05, 0) is 35.8 Å². The van der Waals surface area contributed by atoms with E-state index in [2.05, 4.69) is 16.3 Å². The number of nitrogens with zero attached hydrogens (tertiary/aromatic N) is 1. The van der Waals surface area contributed by atoms with E-state index in [4.69, 9.17) is 4.74 Å². The molecule has 0 bridgehead atoms. The highest BCUT2D eigenvalue weighted by Crippen LogP contribution is 2.37. The fourth-order valence-electron chi connectivity index (χ4n) is 3.94. The van der Waals surface area contributed by atoms with Crippen molar-refractivity contribution in [3.63, 3.8) is 0 Å². The van der Waals surface area contributed by atoms with Gasteiger partial charge in [0.25, 0.3) is 0 Å². The maximum Gasteiger partial charge on any atom is 0.234 e. The van der Waals surface area contributed by atoms with Crippen molar-refractivity contribution in [1.82, 2.24) is 10.2 Å². The maximum atomic E-state index is 12.2. The minimum atomic E-state index is 0.132. The van der Waals surface area contributed by atoms with E-state index in [9.17, 15) is 4.79 Å². The van der Waals surface area contributed by atoms with Crippen LogP contribution in [-0.2, 0) is 22.7 Å². The molecule has 4 nitrogen and oxygen atoms in total. The SMILES string of the molecule is COCc1ccccc1CNC(=O)CN1CC2CCCC2C1. The molecule has 120 valence electrons. The first-order valence-electron chi connectivity index (χ1n) is 8.31. The van der Waals surface area contributed by atoms with Crippen LogP contribution >= 0.6 is 0 Å². The van der Waals surface area contributed by atoms with Crippen molar-refractivity contribution in [2.24, 2.45) is 11.8 Å². The normalized spacial score (nSPS) is 24.4. The Kier molecular flexibility index (Phi) is 5.11. The first-order valence-corrected chi connectivity index (χ1v) is 8.31. The molecule has 1 aliphatic carbocycles. The van der Waals surface area contributed by atoms with Crippen LogP contribution in [-0.4, -0.2) is 37.6 Å². The predicted molar refractivity (Wildman–Crippen MR) is 86.3 cm³/mol. The number of benzene rings is 1. The molecular formula is C18H26N2O2. The second-order valence-corrected chi connectivity index (χ2v) is 6.62. The quantitative estimate of drug-likeness (QED) is 0.876. The summed E-state index contributed by atoms with van der Waals surface area (Å²) in [5.74, 6) is 1.82. The summed E-state index contributed by atoms with van der Waals surface area (Å²) in [5, 5.41) is 3.05. The molecule has 2 atom stereocenters. The lowest BCUT2D eigenvalue weighted by atomic mass is 10.0. The summed E-state index contributed by atoms with van der Waals surface area (Å²) in [7, 11) is 1.69. The van der Waals surface area contributed by atoms with Gasteiger partial charge in [-0.3, -0.25) is 9.69 Å². The van der Waals surface area contributed by atoms with Crippen molar-refractivity contribution < 1.29 is 9.53 Å². The van der Waals surface area contributed by atoms with Gasteiger partial charge >= 0.3 is 0 Å². The van der Waals surface area contributed by atoms with Crippen LogP contribution in [0, 0.1) is 11.8 Å². The topological polar surface area (TPSA) is 41.6 Å². The zero-order valence-corrected chi connectivity index (χ0v) is 13.4. The van der Waals surface area contributed by atoms with E-state index in [0.29, 0.717) is 19.7 Å². The van der Waals surface area contributed by atoms with Crippen LogP contribution in [0.15, 0.2) is 24.3 Å². The number of nitrogens with one attached hydrogen (secondary N) is 1. The average Bonchev–Trinajstić information content (AvgIpc) is 3.08. The van der Waals surface area contributed by atoms with E-state index in [1.54, 1.807) is 7.11 Å². The number of likely N-dealkylation sites (tertiary alicyclic amines) is 1. The van der Waals surface area contributed by atoms with Gasteiger partial charge < -0.3 is 10.1 Å². The fourth-order valence-corrected chi connectivity index (χ4v) is 3.94. The standard InChI is InChI=1S/C18H26N2O2/c1-22-13-17-6-3-2-5-14(17)9-19-18(21)12-20-10-15-7-4-8-16(15)11-20/h2-3,5-6,15-16H,4,7-13H2,1H3,(H,19,21). The first-order chi connectivity index (χ1) is 10.8. The van der Waals surface area contributed by atoms with E-state index >= 15 is 0 Å². The second kappa shape index (κ2) is 7.25. The van der Waals surface area contributed by atoms with Crippen LogP contribution in [0.4, 0.5) is 0 Å². The molecule has 1 amide bonds. The number of amides is 1. The van der Waals surface area contributed by atoms with Crippen LogP contribution in [0.5, 0.6) is 0 Å². The summed E-state index contributed by atoms with van der Waals surface area (Å²) < 4.78 is 5.20. The summed E-state index contributed by atoms with van der Waals surface area (Å²) in [6.45, 7) is 3.93. The molecule has 1 aromatic carbocycles. The Labute approximate surface area is 132 Å². The fraction of sp³-hybridized carbons (Fsp3) is 0.611. The third kappa shape index (κ3) is 3.68. The van der Waals surface area contributed by atoms with E-state index in [1.807, 2.05) is 18.2 Å². The van der Waals surface area contributed by atoms with Gasteiger partial charge in [0, 0.05) is 26.7 Å². The van der Waals surface area contributed by atoms with Crippen molar-refractivity contribution in [3.8, 4) is 0 Å². The molecule has 1 saturated carbocycles. The Hall–Kier alpha value is -1.39. The molecule has 2 aliphatic rings. The van der Waals surface area contributed by atoms with Crippen LogP contribution in [0.3, 0.4) is 0 Å². The Balaban J connectivity index is 1.46. The third-order valence-electron chi connectivity index (χ3n) is 5.06. The van der Waals surface area contributed by atoms with E-state index in [-0.39, 0.29) is 5.91 Å². The van der Waals surface area contributed by atoms with Gasteiger partial charge in [-0.25, -0.2) is 0 Å². The molecule has 0 radical (unpaired) electrons. The zero-order valence-electron chi connectivity index (χ0n) is 13.4. The molecule has 2 fully saturated rings. The molecule has 2 unspecified atom stereocenters. The Morgan fingerprint density at radius 1 is 1.23 bits per heavy atom. The van der Waals surface area contributed by atoms with Gasteiger partial charge in [-0.2, -0.15) is 0 Å². The monoisotopic (exact) mass is 302 g/mol. The third-order valence-corrected chi connectivity index (χ3v) is 5.06. The molecule has 4 heteroatoms. The average molecular weight is 302 g/mol. The van der Waals surface area contributed by atoms with Crippen LogP contribution in [0.2, 0.25) is 0 Å². The molecule has 3 rings (SSSR count). The van der Waals surface area contributed by atoms with Gasteiger partial charge in [0.15, 0.2) is 0 Å². The summed E-state index contributed by atoms with van der Waals surface area (Å²) >= 11 is 0. The molecule has 1 N–H and O–H groups in total. The molecule has 1 aliphatic heterocycles. The van der Waals surface area contributed by atoms with Gasteiger partial charge in [-0.15, -0.1) is 0 Å². The zero-order chi connectivity index (χ0) is 15.4. The molecule has 0 aromatic heterocycles. The number of ether oxygens (including phenoxy) is 1. The van der Waals surface area contributed by atoms with Crippen LogP contribution in [0.25, 0.3) is 0 Å². The Morgan fingerprint density at radius 3 is 2.59 bits per heavy atom. The van der Waals surface area contributed by atoms with Gasteiger partial charge in [0.05, 0.1) is 13.2 Å². The summed E-state index contributed by atoms with van der Waals surface area (Å²) in [5.41, 5.74) is 2.27. The number of hydrogen-bond acceptors (Lipinski definition) is 3. The van der Waals surface area contributed by atoms with E-state index in [1.165, 1.54) is 19.3 Å². The lowest BCUT2D eigenvalue weighted by Gasteiger charge is -2.16. The largest absolute Gasteiger partial charge is 0.380 e. The maximum absolute atomic E-state index is 12.2. The van der Waals surface area contributed by atoms with Crippen molar-refractivity contribution in [2.45, 2.75) is 32.4 Å². The van der Waals surface area contributed by atoms with Crippen LogP contribution in [0.1, 0.15) is 30.4 Å². The van der Waals surface area contributed by atoms with Gasteiger partial charge in [-0.1, -0.05) is 30.7 Å². The number of fused-ring (bicyclic) bond motifs is 1.